The summed E-state index contributed by atoms with van der Waals surface area (Å²) >= 11 is 0. The van der Waals surface area contributed by atoms with Crippen molar-refractivity contribution in [3.63, 3.8) is 0 Å². The summed E-state index contributed by atoms with van der Waals surface area (Å²) in [7, 11) is 1.40. The predicted molar refractivity (Wildman–Crippen MR) is 107 cm³/mol. The number of methoxy groups -OCH3 is 1. The van der Waals surface area contributed by atoms with E-state index in [-0.39, 0.29) is 36.4 Å². The molecule has 1 aliphatic heterocycles. The van der Waals surface area contributed by atoms with Crippen molar-refractivity contribution in [2.45, 2.75) is 44.8 Å². The van der Waals surface area contributed by atoms with Crippen molar-refractivity contribution in [1.82, 2.24) is 15.2 Å². The Hall–Kier alpha value is -1.15. The molecule has 0 unspecified atom stereocenters. The fourth-order valence-electron chi connectivity index (χ4n) is 3.42. The Morgan fingerprint density at radius 2 is 2.19 bits per heavy atom. The van der Waals surface area contributed by atoms with Crippen LogP contribution in [0.3, 0.4) is 0 Å². The van der Waals surface area contributed by atoms with Gasteiger partial charge in [0.1, 0.15) is 5.82 Å². The molecule has 6 nitrogen and oxygen atoms in total. The lowest BCUT2D eigenvalue weighted by Crippen LogP contribution is -2.47. The van der Waals surface area contributed by atoms with Crippen LogP contribution in [0.4, 0.5) is 9.18 Å². The van der Waals surface area contributed by atoms with Crippen LogP contribution >= 0.6 is 24.8 Å². The molecular formula is C18H30Cl2FN3O3. The molecule has 1 aliphatic rings. The number of β-amino-alcohol motifs (C(OH)–C–C–N with tert-alkyl or cyclic N) is 1. The van der Waals surface area contributed by atoms with Gasteiger partial charge in [0.25, 0.3) is 0 Å². The third-order valence-electron chi connectivity index (χ3n) is 4.64. The molecule has 156 valence electrons. The van der Waals surface area contributed by atoms with Gasteiger partial charge in [0.15, 0.2) is 0 Å². The molecule has 9 heteroatoms. The van der Waals surface area contributed by atoms with Gasteiger partial charge in [-0.2, -0.15) is 0 Å². The number of pyridine rings is 1. The van der Waals surface area contributed by atoms with Crippen LogP contribution in [-0.4, -0.2) is 53.4 Å². The van der Waals surface area contributed by atoms with Crippen LogP contribution in [0.1, 0.15) is 44.8 Å². The van der Waals surface area contributed by atoms with Crippen molar-refractivity contribution < 1.29 is 19.0 Å². The van der Waals surface area contributed by atoms with Gasteiger partial charge < -0.3 is 20.1 Å². The van der Waals surface area contributed by atoms with E-state index in [1.165, 1.54) is 19.4 Å². The predicted octanol–water partition coefficient (Wildman–Crippen LogP) is 3.33. The lowest BCUT2D eigenvalue weighted by atomic mass is 9.85. The Morgan fingerprint density at radius 3 is 2.81 bits per heavy atom. The number of rotatable bonds is 6. The number of likely N-dealkylation sites (tertiary alicyclic amines) is 1. The van der Waals surface area contributed by atoms with E-state index < -0.39 is 11.9 Å². The normalized spacial score (nSPS) is 18.1. The van der Waals surface area contributed by atoms with Crippen LogP contribution in [0.25, 0.3) is 0 Å². The molecule has 2 heterocycles. The monoisotopic (exact) mass is 425 g/mol. The van der Waals surface area contributed by atoms with Crippen molar-refractivity contribution in [2.24, 2.45) is 5.92 Å². The highest BCUT2D eigenvalue weighted by molar-refractivity contribution is 5.85. The number of nitrogens with one attached hydrogen (secondary N) is 1. The summed E-state index contributed by atoms with van der Waals surface area (Å²) in [5, 5.41) is 13.6. The minimum atomic E-state index is -0.819. The van der Waals surface area contributed by atoms with Crippen molar-refractivity contribution in [3.05, 3.63) is 29.8 Å². The van der Waals surface area contributed by atoms with Crippen LogP contribution in [0, 0.1) is 11.7 Å². The van der Waals surface area contributed by atoms with Crippen molar-refractivity contribution in [3.8, 4) is 0 Å². The molecule has 1 aromatic heterocycles. The minimum absolute atomic E-state index is 0. The molecule has 0 spiro atoms. The van der Waals surface area contributed by atoms with E-state index in [0.717, 1.165) is 32.0 Å². The van der Waals surface area contributed by atoms with E-state index in [4.69, 9.17) is 4.74 Å². The topological polar surface area (TPSA) is 74.7 Å². The number of hydrogen-bond donors (Lipinski definition) is 2. The van der Waals surface area contributed by atoms with Gasteiger partial charge in [-0.3, -0.25) is 4.98 Å². The third-order valence-corrected chi connectivity index (χ3v) is 4.64. The number of amides is 1. The number of ether oxygens (including phenoxy) is 1. The zero-order chi connectivity index (χ0) is 18.4. The first-order valence-electron chi connectivity index (χ1n) is 8.67. The van der Waals surface area contributed by atoms with E-state index in [1.54, 1.807) is 4.90 Å². The van der Waals surface area contributed by atoms with Crippen LogP contribution in [0.2, 0.25) is 0 Å². The second-order valence-electron chi connectivity index (χ2n) is 7.35. The first kappa shape index (κ1) is 25.9. The fraction of sp³-hybridized carbons (Fsp3) is 0.667. The largest absolute Gasteiger partial charge is 0.453 e. The number of carbonyl (C=O) groups is 1. The minimum Gasteiger partial charge on any atom is -0.453 e. The Morgan fingerprint density at radius 1 is 1.48 bits per heavy atom. The number of hydrogen-bond acceptors (Lipinski definition) is 5. The summed E-state index contributed by atoms with van der Waals surface area (Å²) < 4.78 is 18.0. The SMILES string of the molecule is COC(=O)N1CCC[C@@H](CC(C)(C)NC[C@H](O)c2cncc(F)c2)C1.Cl.Cl. The maximum atomic E-state index is 13.2. The smallest absolute Gasteiger partial charge is 0.409 e. The first-order chi connectivity index (χ1) is 11.8. The summed E-state index contributed by atoms with van der Waals surface area (Å²) in [6.45, 7) is 5.88. The first-order valence-corrected chi connectivity index (χ1v) is 8.67. The van der Waals surface area contributed by atoms with Gasteiger partial charge in [0, 0.05) is 36.9 Å². The molecule has 2 rings (SSSR count). The second-order valence-corrected chi connectivity index (χ2v) is 7.35. The molecule has 0 radical (unpaired) electrons. The van der Waals surface area contributed by atoms with Gasteiger partial charge in [-0.05, 0) is 45.1 Å². The number of halogens is 3. The average Bonchev–Trinajstić information content (AvgIpc) is 2.59. The Balaban J connectivity index is 0.00000338. The summed E-state index contributed by atoms with van der Waals surface area (Å²) in [6.07, 6.45) is 4.39. The Kier molecular flexibility index (Phi) is 11.1. The molecule has 0 bridgehead atoms. The van der Waals surface area contributed by atoms with Gasteiger partial charge in [-0.25, -0.2) is 9.18 Å². The Bertz CT molecular complexity index is 593. The molecule has 1 aromatic rings. The molecule has 1 fully saturated rings. The molecular weight excluding hydrogens is 396 g/mol. The standard InChI is InChI=1S/C18H28FN3O3.2ClH/c1-18(2,8-13-5-4-6-22(12-13)17(24)25-3)21-11-16(23)14-7-15(19)10-20-9-14;;/h7,9-10,13,16,21,23H,4-6,8,11-12H2,1-3H3;2*1H/t13-,16-;;/m0../s1. The maximum Gasteiger partial charge on any atom is 0.409 e. The number of aliphatic hydroxyl groups excluding tert-OH is 1. The number of piperidine rings is 1. The highest BCUT2D eigenvalue weighted by Crippen LogP contribution is 2.26. The average molecular weight is 426 g/mol. The van der Waals surface area contributed by atoms with Gasteiger partial charge >= 0.3 is 6.09 Å². The van der Waals surface area contributed by atoms with E-state index in [2.05, 4.69) is 24.1 Å². The van der Waals surface area contributed by atoms with Crippen LogP contribution in [0.15, 0.2) is 18.5 Å². The zero-order valence-corrected chi connectivity index (χ0v) is 17.6. The quantitative estimate of drug-likeness (QED) is 0.730. The van der Waals surface area contributed by atoms with E-state index >= 15 is 0 Å². The number of aliphatic hydroxyl groups is 1. The molecule has 1 amide bonds. The Labute approximate surface area is 172 Å². The van der Waals surface area contributed by atoms with Gasteiger partial charge in [0.05, 0.1) is 19.4 Å². The van der Waals surface area contributed by atoms with Crippen LogP contribution in [0.5, 0.6) is 0 Å². The molecule has 1 saturated heterocycles. The van der Waals surface area contributed by atoms with E-state index in [0.29, 0.717) is 24.6 Å². The molecule has 0 saturated carbocycles. The highest BCUT2D eigenvalue weighted by atomic mass is 35.5. The second kappa shape index (κ2) is 11.6. The van der Waals surface area contributed by atoms with E-state index in [9.17, 15) is 14.3 Å². The van der Waals surface area contributed by atoms with Crippen molar-refractivity contribution in [2.75, 3.05) is 26.7 Å². The fourth-order valence-corrected chi connectivity index (χ4v) is 3.42. The summed E-state index contributed by atoms with van der Waals surface area (Å²) in [4.78, 5) is 17.2. The van der Waals surface area contributed by atoms with Gasteiger partial charge in [-0.15, -0.1) is 24.8 Å². The van der Waals surface area contributed by atoms with Crippen LogP contribution < -0.4 is 5.32 Å². The molecule has 0 aromatic carbocycles. The maximum absolute atomic E-state index is 13.2. The number of aromatic nitrogens is 1. The molecule has 2 N–H and O–H groups in total. The van der Waals surface area contributed by atoms with Crippen LogP contribution in [-0.2, 0) is 4.74 Å². The molecule has 27 heavy (non-hydrogen) atoms. The van der Waals surface area contributed by atoms with Gasteiger partial charge in [0.2, 0.25) is 0 Å². The molecule has 0 aliphatic carbocycles. The third kappa shape index (κ3) is 8.17. The van der Waals surface area contributed by atoms with E-state index in [1.807, 2.05) is 0 Å². The summed E-state index contributed by atoms with van der Waals surface area (Å²) in [6, 6.07) is 1.29. The lowest BCUT2D eigenvalue weighted by molar-refractivity contribution is 0.0927. The number of nitrogens with zero attached hydrogens (tertiary/aromatic N) is 2. The zero-order valence-electron chi connectivity index (χ0n) is 16.0. The molecule has 2 atom stereocenters. The summed E-state index contributed by atoms with van der Waals surface area (Å²) in [5.41, 5.74) is 0.240. The van der Waals surface area contributed by atoms with Crippen molar-refractivity contribution in [1.29, 1.82) is 0 Å². The highest BCUT2D eigenvalue weighted by Gasteiger charge is 2.29. The van der Waals surface area contributed by atoms with Crippen molar-refractivity contribution >= 4 is 30.9 Å². The lowest BCUT2D eigenvalue weighted by Gasteiger charge is -2.37. The van der Waals surface area contributed by atoms with Gasteiger partial charge in [-0.1, -0.05) is 0 Å². The number of carbonyl (C=O) groups excluding carboxylic acids is 1. The summed E-state index contributed by atoms with van der Waals surface area (Å²) in [5.74, 6) is -0.0794.